The molecule has 106 valence electrons. The van der Waals surface area contributed by atoms with Crippen molar-refractivity contribution in [3.05, 3.63) is 0 Å². The summed E-state index contributed by atoms with van der Waals surface area (Å²) in [6.45, 7) is 0. The molecular formula is H25Al7O8S2. The molecule has 0 heterocycles. The van der Waals surface area contributed by atoms with Gasteiger partial charge in [-0.25, -0.2) is 0 Å². The Bertz CT molecular complexity index is 220. The summed E-state index contributed by atoms with van der Waals surface area (Å²) in [7, 11) is -9.33. The first-order valence-corrected chi connectivity index (χ1v) is 4.19. The molecule has 0 aliphatic rings. The van der Waals surface area contributed by atoms with E-state index in [1.54, 1.807) is 0 Å². The molecule has 17 heteroatoms. The third-order valence-corrected chi connectivity index (χ3v) is 0. The van der Waals surface area contributed by atoms with E-state index in [2.05, 4.69) is 0 Å². The first-order valence-electron chi connectivity index (χ1n) is 1.40. The first kappa shape index (κ1) is 59.0. The van der Waals surface area contributed by atoms with Gasteiger partial charge in [0, 0.05) is 0 Å². The van der Waals surface area contributed by atoms with Gasteiger partial charge in [0.15, 0.2) is 122 Å². The van der Waals surface area contributed by atoms with Crippen LogP contribution in [0.15, 0.2) is 0 Å². The Hall–Kier alpha value is 3.47. The van der Waals surface area contributed by atoms with Crippen molar-refractivity contribution < 1.29 is 35.0 Å². The summed E-state index contributed by atoms with van der Waals surface area (Å²) in [6.07, 6.45) is 0. The van der Waals surface area contributed by atoms with E-state index < -0.39 is 20.8 Å². The van der Waals surface area contributed by atoms with Crippen LogP contribution in [0.2, 0.25) is 0 Å². The minimum absolute atomic E-state index is 0. The maximum atomic E-state index is 8.74. The van der Waals surface area contributed by atoms with Gasteiger partial charge in [0.25, 0.3) is 0 Å². The van der Waals surface area contributed by atoms with Crippen LogP contribution in [-0.4, -0.2) is 157 Å². The van der Waals surface area contributed by atoms with E-state index in [0.29, 0.717) is 0 Å². The van der Waals surface area contributed by atoms with E-state index in [1.807, 2.05) is 0 Å². The first-order chi connectivity index (χ1) is 4.00. The van der Waals surface area contributed by atoms with Gasteiger partial charge in [0.2, 0.25) is 0 Å². The predicted octanol–water partition coefficient (Wildman–Crippen LogP) is -9.59. The molecule has 0 saturated heterocycles. The molecule has 0 aliphatic carbocycles. The second-order valence-electron chi connectivity index (χ2n) is 0.896. The molecule has 0 aromatic heterocycles. The van der Waals surface area contributed by atoms with E-state index in [1.165, 1.54) is 0 Å². The van der Waals surface area contributed by atoms with Crippen molar-refractivity contribution in [2.45, 2.75) is 0 Å². The minimum atomic E-state index is -4.67. The Morgan fingerprint density at radius 3 is 0.412 bits per heavy atom. The van der Waals surface area contributed by atoms with Crippen LogP contribution >= 0.6 is 0 Å². The summed E-state index contributed by atoms with van der Waals surface area (Å²) in [5.74, 6) is 0. The van der Waals surface area contributed by atoms with Gasteiger partial charge in [-0.15, -0.1) is 0 Å². The maximum Gasteiger partial charge on any atom is 0.394 e. The lowest BCUT2D eigenvalue weighted by Gasteiger charge is -1.68. The summed E-state index contributed by atoms with van der Waals surface area (Å²) in [5, 5.41) is 0. The van der Waals surface area contributed by atoms with E-state index in [4.69, 9.17) is 35.0 Å². The molecule has 0 unspecified atom stereocenters. The van der Waals surface area contributed by atoms with E-state index in [9.17, 15) is 0 Å². The highest BCUT2D eigenvalue weighted by Gasteiger charge is 1.85. The molecule has 0 aliphatic heterocycles. The van der Waals surface area contributed by atoms with E-state index in [0.717, 1.165) is 0 Å². The largest absolute Gasteiger partial charge is 0.394 e. The minimum Gasteiger partial charge on any atom is -0.264 e. The molecular weight excluding hydrogens is 381 g/mol. The summed E-state index contributed by atoms with van der Waals surface area (Å²) < 4.78 is 63.2. The van der Waals surface area contributed by atoms with Gasteiger partial charge in [-0.05, 0) is 0 Å². The molecule has 8 nitrogen and oxygen atoms in total. The van der Waals surface area contributed by atoms with Crippen molar-refractivity contribution in [2.75, 3.05) is 0 Å². The predicted molar refractivity (Wildman–Crippen MR) is 97.9 cm³/mol. The van der Waals surface area contributed by atoms with Crippen molar-refractivity contribution in [1.29, 1.82) is 0 Å². The van der Waals surface area contributed by atoms with Gasteiger partial charge >= 0.3 is 20.8 Å². The number of hydrogen-bond donors (Lipinski definition) is 4. The molecule has 0 aromatic rings. The van der Waals surface area contributed by atoms with Crippen LogP contribution in [0.4, 0.5) is 0 Å². The molecule has 0 aromatic carbocycles. The quantitative estimate of drug-likeness (QED) is 0.229. The van der Waals surface area contributed by atoms with Gasteiger partial charge in [-0.1, -0.05) is 0 Å². The molecule has 0 spiro atoms. The van der Waals surface area contributed by atoms with Gasteiger partial charge in [-0.2, -0.15) is 16.8 Å². The Kier molecular flexibility index (Phi) is 96.3. The zero-order chi connectivity index (χ0) is 9.00. The third kappa shape index (κ3) is 494. The van der Waals surface area contributed by atoms with Crippen LogP contribution in [0, 0.1) is 0 Å². The average Bonchev–Trinajstić information content (AvgIpc) is 1.12. The van der Waals surface area contributed by atoms with Crippen LogP contribution in [0.5, 0.6) is 0 Å². The summed E-state index contributed by atoms with van der Waals surface area (Å²) in [6, 6.07) is 0. The second kappa shape index (κ2) is 27.8. The second-order valence-corrected chi connectivity index (χ2v) is 2.69. The molecule has 0 amide bonds. The van der Waals surface area contributed by atoms with E-state index in [-0.39, 0.29) is 122 Å². The van der Waals surface area contributed by atoms with Crippen molar-refractivity contribution >= 4 is 142 Å². The van der Waals surface area contributed by atoms with Crippen molar-refractivity contribution in [1.82, 2.24) is 0 Å². The highest BCUT2D eigenvalue weighted by molar-refractivity contribution is 7.80. The fraction of sp³-hybridized carbons (Fsp3) is 0. The topological polar surface area (TPSA) is 149 Å². The number of rotatable bonds is 0. The van der Waals surface area contributed by atoms with Crippen molar-refractivity contribution in [3.63, 3.8) is 0 Å². The molecule has 0 bridgehead atoms. The van der Waals surface area contributed by atoms with Crippen LogP contribution in [-0.2, 0) is 20.8 Å². The van der Waals surface area contributed by atoms with Gasteiger partial charge in [0.05, 0.1) is 0 Å². The molecule has 0 fully saturated rings. The lowest BCUT2D eigenvalue weighted by atomic mass is 15.8. The summed E-state index contributed by atoms with van der Waals surface area (Å²) in [4.78, 5) is 0. The maximum absolute atomic E-state index is 8.74. The van der Waals surface area contributed by atoms with Crippen LogP contribution < -0.4 is 0 Å². The fourth-order valence-electron chi connectivity index (χ4n) is 0. The third-order valence-electron chi connectivity index (χ3n) is 0. The lowest BCUT2D eigenvalue weighted by molar-refractivity contribution is 0.378. The van der Waals surface area contributed by atoms with Gasteiger partial charge in [-0.3, -0.25) is 18.2 Å². The normalized spacial score (nSPS) is 6.82. The van der Waals surface area contributed by atoms with Gasteiger partial charge in [0.1, 0.15) is 0 Å². The SMILES string of the molecule is O=S(=O)(O)O.O=S(=O)(O)O.[AlH3].[AlH3].[AlH3].[AlH3].[AlH3].[AlH3].[AlH3]. The fourth-order valence-corrected chi connectivity index (χ4v) is 0. The average molecular weight is 406 g/mol. The van der Waals surface area contributed by atoms with Crippen LogP contribution in [0.3, 0.4) is 0 Å². The molecule has 17 heavy (non-hydrogen) atoms. The molecule has 4 N–H and O–H groups in total. The summed E-state index contributed by atoms with van der Waals surface area (Å²) >= 11 is 0. The Morgan fingerprint density at radius 2 is 0.412 bits per heavy atom. The Labute approximate surface area is 175 Å². The van der Waals surface area contributed by atoms with Crippen molar-refractivity contribution in [2.24, 2.45) is 0 Å². The molecule has 0 atom stereocenters. The van der Waals surface area contributed by atoms with Crippen LogP contribution in [0.25, 0.3) is 0 Å². The molecule has 0 saturated carbocycles. The molecule has 0 rings (SSSR count). The monoisotopic (exact) mass is 406 g/mol. The smallest absolute Gasteiger partial charge is 0.264 e. The Morgan fingerprint density at radius 1 is 0.412 bits per heavy atom. The highest BCUT2D eigenvalue weighted by Crippen LogP contribution is 1.59. The van der Waals surface area contributed by atoms with Crippen LogP contribution in [0.1, 0.15) is 0 Å². The lowest BCUT2D eigenvalue weighted by Crippen LogP contribution is -1.89. The van der Waals surface area contributed by atoms with Gasteiger partial charge < -0.3 is 0 Å². The summed E-state index contributed by atoms with van der Waals surface area (Å²) in [5.41, 5.74) is 0. The van der Waals surface area contributed by atoms with Crippen molar-refractivity contribution in [3.8, 4) is 0 Å². The zero-order valence-electron chi connectivity index (χ0n) is 4.24. The highest BCUT2D eigenvalue weighted by atomic mass is 32.3. The Balaban J connectivity index is -0.00000000762. The van der Waals surface area contributed by atoms with E-state index >= 15 is 0 Å². The molecule has 0 radical (unpaired) electrons. The number of hydrogen-bond acceptors (Lipinski definition) is 4. The standard InChI is InChI=1S/7Al.2H2O4S.21H/c;;;;;;;2*1-5(2,3)4;;;;;;;;;;;;;;;;;;;;;/h;;;;;;;2*(H2,1,2,3,4);;;;;;;;;;;;;;;;;;;;;. The zero-order valence-corrected chi connectivity index (χ0v) is 5.87.